The molecule has 0 atom stereocenters. The highest BCUT2D eigenvalue weighted by atomic mass is 127. The number of quaternary nitrogens is 1. The topological polar surface area (TPSA) is 16.6 Å². The van der Waals surface area contributed by atoms with E-state index in [0.717, 1.165) is 6.54 Å². The van der Waals surface area contributed by atoms with Gasteiger partial charge >= 0.3 is 0 Å². The number of unbranched alkanes of at least 4 members (excludes halogenated alkanes) is 1. The first-order chi connectivity index (χ1) is 6.33. The van der Waals surface area contributed by atoms with Gasteiger partial charge in [-0.1, -0.05) is 25.5 Å². The Kier molecular flexibility index (Phi) is 8.63. The standard InChI is InChI=1S/C11H16IN.ClH/c1-2-3-7-13-9-10-5-4-6-11(12)8-10;/h4-6,8,13H,2-3,7,9H2,1H3;1H. The molecule has 2 N–H and O–H groups in total. The monoisotopic (exact) mass is 325 g/mol. The van der Waals surface area contributed by atoms with Crippen LogP contribution in [0.25, 0.3) is 0 Å². The fourth-order valence-corrected chi connectivity index (χ4v) is 1.89. The second kappa shape index (κ2) is 8.50. The summed E-state index contributed by atoms with van der Waals surface area (Å²) in [5, 5.41) is 2.38. The smallest absolute Gasteiger partial charge is 0.101 e. The molecule has 0 bridgehead atoms. The van der Waals surface area contributed by atoms with E-state index in [1.54, 1.807) is 0 Å². The molecule has 0 radical (unpaired) electrons. The molecular formula is C11H17ClIN. The summed E-state index contributed by atoms with van der Waals surface area (Å²) in [6.07, 6.45) is 2.62. The van der Waals surface area contributed by atoms with Crippen LogP contribution in [0.15, 0.2) is 24.3 Å². The number of rotatable bonds is 5. The summed E-state index contributed by atoms with van der Waals surface area (Å²) in [7, 11) is 0. The van der Waals surface area contributed by atoms with E-state index >= 15 is 0 Å². The van der Waals surface area contributed by atoms with Gasteiger partial charge in [-0.2, -0.15) is 0 Å². The Balaban J connectivity index is 0.00000169. The minimum Gasteiger partial charge on any atom is -1.00 e. The quantitative estimate of drug-likeness (QED) is 0.537. The molecule has 3 heteroatoms. The number of halogens is 2. The van der Waals surface area contributed by atoms with Gasteiger partial charge in [-0.05, 0) is 41.1 Å². The maximum atomic E-state index is 2.38. The zero-order chi connectivity index (χ0) is 9.52. The Bertz CT molecular complexity index is 253. The molecule has 0 spiro atoms. The summed E-state index contributed by atoms with van der Waals surface area (Å²) in [4.78, 5) is 0. The largest absolute Gasteiger partial charge is 1.00 e. The van der Waals surface area contributed by atoms with Gasteiger partial charge in [0.2, 0.25) is 0 Å². The van der Waals surface area contributed by atoms with Gasteiger partial charge in [0.1, 0.15) is 6.54 Å². The number of hydrogen-bond acceptors (Lipinski definition) is 0. The van der Waals surface area contributed by atoms with Gasteiger partial charge in [0.05, 0.1) is 6.54 Å². The lowest BCUT2D eigenvalue weighted by atomic mass is 10.2. The van der Waals surface area contributed by atoms with E-state index in [1.807, 2.05) is 0 Å². The van der Waals surface area contributed by atoms with E-state index in [1.165, 1.54) is 28.5 Å². The van der Waals surface area contributed by atoms with Crippen LogP contribution in [0.2, 0.25) is 0 Å². The SMILES string of the molecule is CCCC[NH2+]Cc1cccc(I)c1.[Cl-]. The van der Waals surface area contributed by atoms with Crippen LogP contribution in [-0.4, -0.2) is 6.54 Å². The highest BCUT2D eigenvalue weighted by Gasteiger charge is 1.95. The van der Waals surface area contributed by atoms with E-state index in [0.29, 0.717) is 0 Å². The number of benzene rings is 1. The lowest BCUT2D eigenvalue weighted by molar-refractivity contribution is -0.670. The molecule has 1 nitrogen and oxygen atoms in total. The van der Waals surface area contributed by atoms with Crippen molar-refractivity contribution < 1.29 is 17.7 Å². The molecule has 14 heavy (non-hydrogen) atoms. The van der Waals surface area contributed by atoms with Crippen LogP contribution in [0.1, 0.15) is 25.3 Å². The van der Waals surface area contributed by atoms with Crippen molar-refractivity contribution in [2.45, 2.75) is 26.3 Å². The highest BCUT2D eigenvalue weighted by Crippen LogP contribution is 2.06. The molecule has 0 aliphatic rings. The Morgan fingerprint density at radius 3 is 2.79 bits per heavy atom. The van der Waals surface area contributed by atoms with E-state index in [4.69, 9.17) is 0 Å². The zero-order valence-electron chi connectivity index (χ0n) is 8.47. The summed E-state index contributed by atoms with van der Waals surface area (Å²) < 4.78 is 1.33. The third-order valence-corrected chi connectivity index (χ3v) is 2.70. The third-order valence-electron chi connectivity index (χ3n) is 2.03. The first-order valence-electron chi connectivity index (χ1n) is 4.89. The summed E-state index contributed by atoms with van der Waals surface area (Å²) in [5.74, 6) is 0. The van der Waals surface area contributed by atoms with Crippen molar-refractivity contribution in [2.24, 2.45) is 0 Å². The van der Waals surface area contributed by atoms with E-state index < -0.39 is 0 Å². The molecule has 0 heterocycles. The average Bonchev–Trinajstić information content (AvgIpc) is 2.13. The van der Waals surface area contributed by atoms with Crippen molar-refractivity contribution >= 4 is 22.6 Å². The van der Waals surface area contributed by atoms with Crippen LogP contribution in [0.3, 0.4) is 0 Å². The maximum Gasteiger partial charge on any atom is 0.101 e. The predicted octanol–water partition coefficient (Wildman–Crippen LogP) is -0.841. The van der Waals surface area contributed by atoms with Gasteiger partial charge in [-0.3, -0.25) is 0 Å². The molecule has 0 aliphatic heterocycles. The molecule has 0 unspecified atom stereocenters. The summed E-state index contributed by atoms with van der Waals surface area (Å²) in [5.41, 5.74) is 1.43. The van der Waals surface area contributed by atoms with Crippen molar-refractivity contribution in [2.75, 3.05) is 6.54 Å². The first kappa shape index (κ1) is 14.2. The van der Waals surface area contributed by atoms with Crippen molar-refractivity contribution in [3.05, 3.63) is 33.4 Å². The molecule has 0 fully saturated rings. The van der Waals surface area contributed by atoms with Gasteiger partial charge < -0.3 is 17.7 Å². The van der Waals surface area contributed by atoms with E-state index in [2.05, 4.69) is 59.1 Å². The van der Waals surface area contributed by atoms with E-state index in [9.17, 15) is 0 Å². The fraction of sp³-hybridized carbons (Fsp3) is 0.455. The van der Waals surface area contributed by atoms with Gasteiger partial charge in [-0.15, -0.1) is 0 Å². The van der Waals surface area contributed by atoms with Crippen LogP contribution in [-0.2, 0) is 6.54 Å². The van der Waals surface area contributed by atoms with Crippen molar-refractivity contribution in [1.82, 2.24) is 0 Å². The minimum atomic E-state index is 0. The number of nitrogens with two attached hydrogens (primary N) is 1. The molecular weight excluding hydrogens is 308 g/mol. The lowest BCUT2D eigenvalue weighted by Gasteiger charge is -2.01. The Morgan fingerprint density at radius 2 is 2.14 bits per heavy atom. The Morgan fingerprint density at radius 1 is 1.36 bits per heavy atom. The second-order valence-corrected chi connectivity index (χ2v) is 4.51. The van der Waals surface area contributed by atoms with Gasteiger partial charge in [0.15, 0.2) is 0 Å². The van der Waals surface area contributed by atoms with Crippen molar-refractivity contribution in [3.8, 4) is 0 Å². The van der Waals surface area contributed by atoms with Gasteiger partial charge in [-0.25, -0.2) is 0 Å². The lowest BCUT2D eigenvalue weighted by Crippen LogP contribution is -3.00. The van der Waals surface area contributed by atoms with Crippen LogP contribution < -0.4 is 17.7 Å². The first-order valence-corrected chi connectivity index (χ1v) is 5.97. The summed E-state index contributed by atoms with van der Waals surface area (Å²) >= 11 is 2.36. The van der Waals surface area contributed by atoms with Crippen molar-refractivity contribution in [3.63, 3.8) is 0 Å². The molecule has 1 aromatic rings. The highest BCUT2D eigenvalue weighted by molar-refractivity contribution is 14.1. The molecule has 0 aromatic heterocycles. The summed E-state index contributed by atoms with van der Waals surface area (Å²) in [6.45, 7) is 4.61. The molecule has 0 aliphatic carbocycles. The molecule has 0 saturated heterocycles. The third kappa shape index (κ3) is 5.83. The van der Waals surface area contributed by atoms with Crippen LogP contribution in [0.5, 0.6) is 0 Å². The Hall–Kier alpha value is 0.200. The maximum absolute atomic E-state index is 2.38. The minimum absolute atomic E-state index is 0. The summed E-state index contributed by atoms with van der Waals surface area (Å²) in [6, 6.07) is 8.72. The van der Waals surface area contributed by atoms with Crippen LogP contribution >= 0.6 is 22.6 Å². The predicted molar refractivity (Wildman–Crippen MR) is 64.6 cm³/mol. The molecule has 0 amide bonds. The van der Waals surface area contributed by atoms with Gasteiger partial charge in [0, 0.05) is 9.13 Å². The average molecular weight is 326 g/mol. The van der Waals surface area contributed by atoms with Gasteiger partial charge in [0.25, 0.3) is 0 Å². The van der Waals surface area contributed by atoms with Crippen LogP contribution in [0.4, 0.5) is 0 Å². The van der Waals surface area contributed by atoms with Crippen molar-refractivity contribution in [1.29, 1.82) is 0 Å². The molecule has 0 saturated carbocycles. The normalized spacial score (nSPS) is 9.57. The fourth-order valence-electron chi connectivity index (χ4n) is 1.28. The molecule has 80 valence electrons. The second-order valence-electron chi connectivity index (χ2n) is 3.26. The van der Waals surface area contributed by atoms with E-state index in [-0.39, 0.29) is 12.4 Å². The van der Waals surface area contributed by atoms with Crippen LogP contribution in [0, 0.1) is 3.57 Å². The zero-order valence-corrected chi connectivity index (χ0v) is 11.4. The molecule has 1 aromatic carbocycles. The molecule has 1 rings (SSSR count). The Labute approximate surface area is 106 Å². The number of hydrogen-bond donors (Lipinski definition) is 1.